The third-order valence-corrected chi connectivity index (χ3v) is 13.0. The molecule has 0 unspecified atom stereocenters. The molecular weight excluding hydrogens is 440 g/mol. The van der Waals surface area contributed by atoms with Gasteiger partial charge in [-0.05, 0) is 34.7 Å². The van der Waals surface area contributed by atoms with Gasteiger partial charge in [-0.1, -0.05) is 107 Å². The van der Waals surface area contributed by atoms with Crippen LogP contribution in [0.25, 0.3) is 0 Å². The zero-order valence-electron chi connectivity index (χ0n) is 21.1. The molecule has 0 radical (unpaired) electrons. The first kappa shape index (κ1) is 24.9. The second-order valence-corrected chi connectivity index (χ2v) is 15.5. The van der Waals surface area contributed by atoms with Gasteiger partial charge in [-0.15, -0.1) is 0 Å². The molecule has 0 bridgehead atoms. The fourth-order valence-electron chi connectivity index (χ4n) is 6.31. The van der Waals surface area contributed by atoms with Gasteiger partial charge in [0.25, 0.3) is 8.32 Å². The van der Waals surface area contributed by atoms with Crippen molar-refractivity contribution in [1.82, 2.24) is 0 Å². The lowest BCUT2D eigenvalue weighted by Crippen LogP contribution is -2.68. The molecule has 0 saturated carbocycles. The number of rotatable bonds is 6. The molecule has 0 aromatic heterocycles. The highest BCUT2D eigenvalue weighted by molar-refractivity contribution is 6.99. The van der Waals surface area contributed by atoms with E-state index in [1.807, 2.05) is 26.0 Å². The topological polar surface area (TPSA) is 55.8 Å². The van der Waals surface area contributed by atoms with E-state index in [9.17, 15) is 9.90 Å². The zero-order valence-corrected chi connectivity index (χ0v) is 22.1. The van der Waals surface area contributed by atoms with Crippen molar-refractivity contribution in [2.75, 3.05) is 0 Å². The van der Waals surface area contributed by atoms with E-state index in [4.69, 9.17) is 9.16 Å². The van der Waals surface area contributed by atoms with E-state index >= 15 is 0 Å². The average molecular weight is 479 g/mol. The maximum atomic E-state index is 12.9. The summed E-state index contributed by atoms with van der Waals surface area (Å²) in [6.45, 7) is 10.7. The standard InChI is InChI=1S/C29H38O4Si/c1-22-21-25(32-29(22,26(30)31)28(5)19-13-8-14-20-28)33-34(27(2,3)4,23-15-9-6-10-16-23)24-17-11-7-12-18-24/h6-7,9-13,15-19,22,25H,8,14,20-21H2,1-5H3,(H,30,31)/t22-,25-,28-,29+/m1/s1. The van der Waals surface area contributed by atoms with Crippen molar-refractivity contribution >= 4 is 24.7 Å². The second kappa shape index (κ2) is 9.10. The Hall–Kier alpha value is -2.21. The lowest BCUT2D eigenvalue weighted by molar-refractivity contribution is -0.204. The Morgan fingerprint density at radius 1 is 1.06 bits per heavy atom. The highest BCUT2D eigenvalue weighted by Crippen LogP contribution is 2.54. The lowest BCUT2D eigenvalue weighted by atomic mass is 9.63. The molecule has 5 heteroatoms. The number of carbonyl (C=O) groups is 1. The van der Waals surface area contributed by atoms with E-state index in [1.54, 1.807) is 0 Å². The molecule has 182 valence electrons. The smallest absolute Gasteiger partial charge is 0.337 e. The molecule has 1 heterocycles. The molecule has 1 aliphatic heterocycles. The van der Waals surface area contributed by atoms with Gasteiger partial charge in [-0.3, -0.25) is 0 Å². The van der Waals surface area contributed by atoms with Gasteiger partial charge in [0, 0.05) is 17.8 Å². The molecule has 1 fully saturated rings. The average Bonchev–Trinajstić information content (AvgIpc) is 3.16. The molecule has 0 spiro atoms. The molecule has 1 N–H and O–H groups in total. The Kier molecular flexibility index (Phi) is 6.66. The van der Waals surface area contributed by atoms with E-state index in [2.05, 4.69) is 81.5 Å². The summed E-state index contributed by atoms with van der Waals surface area (Å²) >= 11 is 0. The second-order valence-electron chi connectivity index (χ2n) is 11.2. The zero-order chi connectivity index (χ0) is 24.6. The SMILES string of the molecule is C[C@@H]1C[C@@H](O[Si](c2ccccc2)(c2ccccc2)C(C)(C)C)O[C@@]1(C(=O)O)[C@]1(C)C=CCCC1. The predicted octanol–water partition coefficient (Wildman–Crippen LogP) is 5.52. The molecular formula is C29H38O4Si. The van der Waals surface area contributed by atoms with Crippen LogP contribution < -0.4 is 10.4 Å². The van der Waals surface area contributed by atoms with Gasteiger partial charge in [-0.25, -0.2) is 4.79 Å². The molecule has 0 amide bonds. The minimum atomic E-state index is -2.85. The number of carboxylic acid groups (broad SMARTS) is 1. The highest BCUT2D eigenvalue weighted by atomic mass is 28.4. The van der Waals surface area contributed by atoms with Crippen LogP contribution in [0.2, 0.25) is 5.04 Å². The number of ether oxygens (including phenoxy) is 1. The van der Waals surface area contributed by atoms with Crippen molar-refractivity contribution < 1.29 is 19.1 Å². The summed E-state index contributed by atoms with van der Waals surface area (Å²) in [4.78, 5) is 12.9. The van der Waals surface area contributed by atoms with Gasteiger partial charge in [0.1, 0.15) is 6.29 Å². The van der Waals surface area contributed by atoms with Crippen LogP contribution in [0.15, 0.2) is 72.8 Å². The van der Waals surface area contributed by atoms with Crippen molar-refractivity contribution in [2.24, 2.45) is 11.3 Å². The maximum absolute atomic E-state index is 12.9. The molecule has 1 saturated heterocycles. The Morgan fingerprint density at radius 2 is 1.62 bits per heavy atom. The van der Waals surface area contributed by atoms with E-state index in [1.165, 1.54) is 10.4 Å². The van der Waals surface area contributed by atoms with Gasteiger partial charge < -0.3 is 14.3 Å². The quantitative estimate of drug-likeness (QED) is 0.439. The van der Waals surface area contributed by atoms with E-state index < -0.39 is 31.6 Å². The van der Waals surface area contributed by atoms with Gasteiger partial charge in [-0.2, -0.15) is 0 Å². The third kappa shape index (κ3) is 3.88. The summed E-state index contributed by atoms with van der Waals surface area (Å²) in [6.07, 6.45) is 6.91. The van der Waals surface area contributed by atoms with Crippen LogP contribution in [0.3, 0.4) is 0 Å². The van der Waals surface area contributed by atoms with Crippen molar-refractivity contribution in [1.29, 1.82) is 0 Å². The van der Waals surface area contributed by atoms with Gasteiger partial charge in [0.15, 0.2) is 5.60 Å². The Morgan fingerprint density at radius 3 is 2.06 bits per heavy atom. The third-order valence-electron chi connectivity index (χ3n) is 8.00. The number of benzene rings is 2. The first-order valence-electron chi connectivity index (χ1n) is 12.4. The lowest BCUT2D eigenvalue weighted by Gasteiger charge is -2.46. The fourth-order valence-corrected chi connectivity index (χ4v) is 10.9. The summed E-state index contributed by atoms with van der Waals surface area (Å²) in [5.41, 5.74) is -1.87. The Bertz CT molecular complexity index is 990. The predicted molar refractivity (Wildman–Crippen MR) is 139 cm³/mol. The van der Waals surface area contributed by atoms with Crippen molar-refractivity contribution in [3.05, 3.63) is 72.8 Å². The van der Waals surface area contributed by atoms with Crippen LogP contribution in [-0.4, -0.2) is 31.3 Å². The van der Waals surface area contributed by atoms with Gasteiger partial charge in [0.05, 0.1) is 0 Å². The maximum Gasteiger partial charge on any atom is 0.337 e. The molecule has 2 aliphatic rings. The molecule has 34 heavy (non-hydrogen) atoms. The van der Waals surface area contributed by atoms with Crippen LogP contribution >= 0.6 is 0 Å². The normalized spacial score (nSPS) is 29.8. The van der Waals surface area contributed by atoms with Crippen molar-refractivity contribution in [2.45, 2.75) is 77.2 Å². The Labute approximate surface area is 205 Å². The van der Waals surface area contributed by atoms with Crippen LogP contribution in [0.1, 0.15) is 60.3 Å². The largest absolute Gasteiger partial charge is 0.479 e. The summed E-state index contributed by atoms with van der Waals surface area (Å²) in [7, 11) is -2.85. The molecule has 2 aromatic carbocycles. The molecule has 4 nitrogen and oxygen atoms in total. The van der Waals surface area contributed by atoms with E-state index in [-0.39, 0.29) is 11.0 Å². The van der Waals surface area contributed by atoms with Crippen LogP contribution in [0.5, 0.6) is 0 Å². The summed E-state index contributed by atoms with van der Waals surface area (Å²) < 4.78 is 13.8. The molecule has 2 aromatic rings. The molecule has 4 rings (SSSR count). The number of aliphatic carboxylic acids is 1. The summed E-state index contributed by atoms with van der Waals surface area (Å²) in [5.74, 6) is -1.07. The number of hydrogen-bond acceptors (Lipinski definition) is 3. The van der Waals surface area contributed by atoms with E-state index in [0.717, 1.165) is 19.3 Å². The summed E-state index contributed by atoms with van der Waals surface area (Å²) in [5, 5.41) is 12.7. The minimum absolute atomic E-state index is 0.180. The minimum Gasteiger partial charge on any atom is -0.479 e. The molecule has 4 atom stereocenters. The Balaban J connectivity index is 1.81. The van der Waals surface area contributed by atoms with Crippen molar-refractivity contribution in [3.8, 4) is 0 Å². The molecule has 1 aliphatic carbocycles. The van der Waals surface area contributed by atoms with Crippen LogP contribution in [0.4, 0.5) is 0 Å². The van der Waals surface area contributed by atoms with Crippen LogP contribution in [-0.2, 0) is 14.0 Å². The monoisotopic (exact) mass is 478 g/mol. The van der Waals surface area contributed by atoms with E-state index in [0.29, 0.717) is 6.42 Å². The van der Waals surface area contributed by atoms with Crippen molar-refractivity contribution in [3.63, 3.8) is 0 Å². The first-order chi connectivity index (χ1) is 16.1. The van der Waals surface area contributed by atoms with Gasteiger partial charge in [0.2, 0.25) is 0 Å². The fraction of sp³-hybridized carbons (Fsp3) is 0.483. The number of carboxylic acids is 1. The highest BCUT2D eigenvalue weighted by Gasteiger charge is 2.64. The first-order valence-corrected chi connectivity index (χ1v) is 14.4. The van der Waals surface area contributed by atoms with Crippen LogP contribution in [0, 0.1) is 11.3 Å². The van der Waals surface area contributed by atoms with Gasteiger partial charge >= 0.3 is 5.97 Å². The number of hydrogen-bond donors (Lipinski definition) is 1. The summed E-state index contributed by atoms with van der Waals surface area (Å²) in [6, 6.07) is 20.9. The number of allylic oxidation sites excluding steroid dienone is 1.